The molecule has 2 N–H and O–H groups in total. The van der Waals surface area contributed by atoms with Gasteiger partial charge in [0.05, 0.1) is 5.52 Å². The molecule has 1 heterocycles. The van der Waals surface area contributed by atoms with Gasteiger partial charge in [0.15, 0.2) is 0 Å². The molecule has 1 unspecified atom stereocenters. The molecule has 0 bridgehead atoms. The summed E-state index contributed by atoms with van der Waals surface area (Å²) in [6, 6.07) is 10.3. The van der Waals surface area contributed by atoms with Crippen molar-refractivity contribution in [2.24, 2.45) is 5.73 Å². The number of hydrogen-bond acceptors (Lipinski definition) is 3. The van der Waals surface area contributed by atoms with Crippen molar-refractivity contribution < 1.29 is 0 Å². The van der Waals surface area contributed by atoms with Crippen LogP contribution in [0.25, 0.3) is 10.9 Å². The highest BCUT2D eigenvalue weighted by atomic mass is 32.2. The molecule has 2 rings (SSSR count). The molecule has 0 saturated heterocycles. The zero-order valence-electron chi connectivity index (χ0n) is 9.39. The lowest BCUT2D eigenvalue weighted by molar-refractivity contribution is 0.711. The van der Waals surface area contributed by atoms with Crippen LogP contribution in [0.15, 0.2) is 36.5 Å². The van der Waals surface area contributed by atoms with Crippen LogP contribution in [0, 0.1) is 0 Å². The summed E-state index contributed by atoms with van der Waals surface area (Å²) < 4.78 is 0. The van der Waals surface area contributed by atoms with Gasteiger partial charge in [-0.2, -0.15) is 11.8 Å². The van der Waals surface area contributed by atoms with Crippen molar-refractivity contribution in [2.45, 2.75) is 12.5 Å². The summed E-state index contributed by atoms with van der Waals surface area (Å²) in [6.07, 6.45) is 4.94. The third-order valence-corrected chi connectivity index (χ3v) is 3.36. The topological polar surface area (TPSA) is 38.9 Å². The molecule has 84 valence electrons. The van der Waals surface area contributed by atoms with Crippen LogP contribution in [0.5, 0.6) is 0 Å². The number of nitrogens with two attached hydrogens (primary N) is 1. The maximum absolute atomic E-state index is 6.21. The van der Waals surface area contributed by atoms with Crippen LogP contribution >= 0.6 is 11.8 Å². The Labute approximate surface area is 100 Å². The molecular formula is C13H16N2S. The average molecular weight is 232 g/mol. The van der Waals surface area contributed by atoms with E-state index in [2.05, 4.69) is 23.4 Å². The number of fused-ring (bicyclic) bond motifs is 1. The van der Waals surface area contributed by atoms with Gasteiger partial charge in [-0.25, -0.2) is 0 Å². The lowest BCUT2D eigenvalue weighted by Gasteiger charge is -2.13. The fraction of sp³-hybridized carbons (Fsp3) is 0.308. The van der Waals surface area contributed by atoms with E-state index in [0.717, 1.165) is 17.7 Å². The number of thioether (sulfide) groups is 1. The number of nitrogens with zero attached hydrogens (tertiary/aromatic N) is 1. The summed E-state index contributed by atoms with van der Waals surface area (Å²) in [4.78, 5) is 4.34. The quantitative estimate of drug-likeness (QED) is 0.880. The van der Waals surface area contributed by atoms with Gasteiger partial charge in [-0.3, -0.25) is 4.98 Å². The molecule has 1 atom stereocenters. The van der Waals surface area contributed by atoms with Gasteiger partial charge >= 0.3 is 0 Å². The number of rotatable bonds is 4. The summed E-state index contributed by atoms with van der Waals surface area (Å²) in [5.74, 6) is 1.10. The third-order valence-electron chi connectivity index (χ3n) is 2.71. The lowest BCUT2D eigenvalue weighted by Crippen LogP contribution is -2.11. The standard InChI is InChI=1S/C13H16N2S/c1-16-9-7-12(14)10-4-2-6-13-11(10)5-3-8-15-13/h2-6,8,12H,7,9,14H2,1H3. The molecule has 0 aliphatic rings. The minimum absolute atomic E-state index is 0.111. The molecule has 2 nitrogen and oxygen atoms in total. The first-order valence-corrected chi connectivity index (χ1v) is 6.80. The second-order valence-electron chi connectivity index (χ2n) is 3.81. The average Bonchev–Trinajstić information content (AvgIpc) is 2.35. The van der Waals surface area contributed by atoms with E-state index in [1.54, 1.807) is 0 Å². The monoisotopic (exact) mass is 232 g/mol. The molecule has 0 aliphatic carbocycles. The van der Waals surface area contributed by atoms with Crippen molar-refractivity contribution in [3.63, 3.8) is 0 Å². The summed E-state index contributed by atoms with van der Waals surface area (Å²) >= 11 is 1.83. The smallest absolute Gasteiger partial charge is 0.0705 e. The van der Waals surface area contributed by atoms with Crippen LogP contribution in [0.4, 0.5) is 0 Å². The molecule has 3 heteroatoms. The van der Waals surface area contributed by atoms with Crippen molar-refractivity contribution in [1.82, 2.24) is 4.98 Å². The van der Waals surface area contributed by atoms with Gasteiger partial charge in [-0.1, -0.05) is 18.2 Å². The molecule has 16 heavy (non-hydrogen) atoms. The van der Waals surface area contributed by atoms with Crippen LogP contribution in [0.3, 0.4) is 0 Å². The van der Waals surface area contributed by atoms with Crippen LogP contribution in [-0.2, 0) is 0 Å². The van der Waals surface area contributed by atoms with E-state index in [9.17, 15) is 0 Å². The van der Waals surface area contributed by atoms with Crippen LogP contribution in [0.1, 0.15) is 18.0 Å². The molecule has 1 aromatic heterocycles. The number of pyridine rings is 1. The predicted molar refractivity (Wildman–Crippen MR) is 71.7 cm³/mol. The van der Waals surface area contributed by atoms with E-state index in [4.69, 9.17) is 5.73 Å². The second kappa shape index (κ2) is 5.32. The fourth-order valence-corrected chi connectivity index (χ4v) is 2.34. The molecule has 2 aromatic rings. The van der Waals surface area contributed by atoms with E-state index in [1.807, 2.05) is 36.2 Å². The number of aromatic nitrogens is 1. The van der Waals surface area contributed by atoms with Crippen LogP contribution < -0.4 is 5.73 Å². The Kier molecular flexibility index (Phi) is 3.80. The highest BCUT2D eigenvalue weighted by Gasteiger charge is 2.09. The largest absolute Gasteiger partial charge is 0.324 e. The van der Waals surface area contributed by atoms with Gasteiger partial charge < -0.3 is 5.73 Å². The first kappa shape index (κ1) is 11.4. The molecule has 0 saturated carbocycles. The predicted octanol–water partition coefficient (Wildman–Crippen LogP) is 2.99. The number of benzene rings is 1. The Morgan fingerprint density at radius 1 is 1.31 bits per heavy atom. The maximum atomic E-state index is 6.21. The molecule has 1 aromatic carbocycles. The second-order valence-corrected chi connectivity index (χ2v) is 4.79. The SMILES string of the molecule is CSCCC(N)c1cccc2ncccc12. The van der Waals surface area contributed by atoms with E-state index < -0.39 is 0 Å². The van der Waals surface area contributed by atoms with Crippen LogP contribution in [0.2, 0.25) is 0 Å². The lowest BCUT2D eigenvalue weighted by atomic mass is 10.0. The highest BCUT2D eigenvalue weighted by molar-refractivity contribution is 7.98. The summed E-state index contributed by atoms with van der Waals surface area (Å²) in [7, 11) is 0. The van der Waals surface area contributed by atoms with Crippen molar-refractivity contribution in [3.8, 4) is 0 Å². The molecule has 0 amide bonds. The Hall–Kier alpha value is -1.06. The van der Waals surface area contributed by atoms with Crippen molar-refractivity contribution >= 4 is 22.7 Å². The Bertz CT molecular complexity index is 465. The van der Waals surface area contributed by atoms with Crippen LogP contribution in [-0.4, -0.2) is 17.0 Å². The van der Waals surface area contributed by atoms with E-state index in [-0.39, 0.29) is 6.04 Å². The van der Waals surface area contributed by atoms with Crippen molar-refractivity contribution in [2.75, 3.05) is 12.0 Å². The fourth-order valence-electron chi connectivity index (χ4n) is 1.85. The number of hydrogen-bond donors (Lipinski definition) is 1. The Balaban J connectivity index is 2.36. The molecular weight excluding hydrogens is 216 g/mol. The molecule has 0 spiro atoms. The van der Waals surface area contributed by atoms with E-state index >= 15 is 0 Å². The minimum atomic E-state index is 0.111. The Morgan fingerprint density at radius 3 is 3.00 bits per heavy atom. The molecule has 0 aliphatic heterocycles. The van der Waals surface area contributed by atoms with Crippen molar-refractivity contribution in [1.29, 1.82) is 0 Å². The van der Waals surface area contributed by atoms with E-state index in [1.165, 1.54) is 10.9 Å². The molecule has 0 fully saturated rings. The summed E-state index contributed by atoms with van der Waals surface area (Å²) in [5, 5.41) is 1.18. The van der Waals surface area contributed by atoms with Crippen molar-refractivity contribution in [3.05, 3.63) is 42.1 Å². The van der Waals surface area contributed by atoms with E-state index in [0.29, 0.717) is 0 Å². The first-order valence-electron chi connectivity index (χ1n) is 5.41. The molecule has 0 radical (unpaired) electrons. The minimum Gasteiger partial charge on any atom is -0.324 e. The third kappa shape index (κ3) is 2.36. The summed E-state index contributed by atoms with van der Waals surface area (Å²) in [6.45, 7) is 0. The normalized spacial score (nSPS) is 12.9. The van der Waals surface area contributed by atoms with Gasteiger partial charge in [0.25, 0.3) is 0 Å². The van der Waals surface area contributed by atoms with Gasteiger partial charge in [-0.15, -0.1) is 0 Å². The zero-order valence-corrected chi connectivity index (χ0v) is 10.2. The first-order chi connectivity index (χ1) is 7.83. The van der Waals surface area contributed by atoms with Gasteiger partial charge in [0, 0.05) is 17.6 Å². The van der Waals surface area contributed by atoms with Gasteiger partial charge in [-0.05, 0) is 36.1 Å². The van der Waals surface area contributed by atoms with Gasteiger partial charge in [0.1, 0.15) is 0 Å². The zero-order chi connectivity index (χ0) is 11.4. The maximum Gasteiger partial charge on any atom is 0.0705 e. The summed E-state index contributed by atoms with van der Waals surface area (Å²) in [5.41, 5.74) is 8.44. The Morgan fingerprint density at radius 2 is 2.19 bits per heavy atom. The van der Waals surface area contributed by atoms with Gasteiger partial charge in [0.2, 0.25) is 0 Å². The highest BCUT2D eigenvalue weighted by Crippen LogP contribution is 2.24.